The maximum absolute atomic E-state index is 14.3. The molecule has 0 spiro atoms. The monoisotopic (exact) mass is 479 g/mol. The summed E-state index contributed by atoms with van der Waals surface area (Å²) in [5, 5.41) is 11.8. The number of halogens is 3. The highest BCUT2D eigenvalue weighted by Crippen LogP contribution is 2.33. The quantitative estimate of drug-likeness (QED) is 0.675. The van der Waals surface area contributed by atoms with Crippen molar-refractivity contribution in [2.75, 3.05) is 26.2 Å². The Balaban J connectivity index is 1.92. The second kappa shape index (κ2) is 9.25. The lowest BCUT2D eigenvalue weighted by Crippen LogP contribution is -2.52. The summed E-state index contributed by atoms with van der Waals surface area (Å²) in [7, 11) is -4.30. The van der Waals surface area contributed by atoms with Crippen LogP contribution in [0.5, 0.6) is 0 Å². The van der Waals surface area contributed by atoms with Gasteiger partial charge in [-0.3, -0.25) is 4.79 Å². The van der Waals surface area contributed by atoms with E-state index in [9.17, 15) is 26.8 Å². The second-order valence-electron chi connectivity index (χ2n) is 7.86. The Kier molecular flexibility index (Phi) is 7.07. The molecule has 2 saturated heterocycles. The van der Waals surface area contributed by atoms with Crippen LogP contribution in [0.4, 0.5) is 13.6 Å². The Hall–Kier alpha value is -1.98. The van der Waals surface area contributed by atoms with Crippen molar-refractivity contribution in [2.45, 2.75) is 42.5 Å². The van der Waals surface area contributed by atoms with Crippen molar-refractivity contribution < 1.29 is 31.9 Å². The van der Waals surface area contributed by atoms with Gasteiger partial charge in [0.25, 0.3) is 5.92 Å². The molecule has 172 valence electrons. The molecule has 1 aromatic carbocycles. The van der Waals surface area contributed by atoms with Crippen molar-refractivity contribution in [3.8, 4) is 0 Å². The zero-order chi connectivity index (χ0) is 22.8. The van der Waals surface area contributed by atoms with Crippen molar-refractivity contribution in [2.24, 2.45) is 5.92 Å². The summed E-state index contributed by atoms with van der Waals surface area (Å²) in [6, 6.07) is 3.71. The van der Waals surface area contributed by atoms with E-state index in [4.69, 9.17) is 16.7 Å². The van der Waals surface area contributed by atoms with Gasteiger partial charge in [-0.1, -0.05) is 11.6 Å². The zero-order valence-corrected chi connectivity index (χ0v) is 18.2. The molecule has 8 nitrogen and oxygen atoms in total. The fourth-order valence-corrected chi connectivity index (χ4v) is 5.68. The van der Waals surface area contributed by atoms with E-state index in [1.807, 2.05) is 0 Å². The molecule has 0 radical (unpaired) electrons. The van der Waals surface area contributed by atoms with Crippen LogP contribution in [0.1, 0.15) is 25.7 Å². The predicted molar refractivity (Wildman–Crippen MR) is 109 cm³/mol. The average molecular weight is 480 g/mol. The Bertz CT molecular complexity index is 921. The van der Waals surface area contributed by atoms with Crippen molar-refractivity contribution in [3.05, 3.63) is 29.3 Å². The van der Waals surface area contributed by atoms with Crippen LogP contribution in [0.15, 0.2) is 29.2 Å². The van der Waals surface area contributed by atoms with Crippen LogP contribution in [0, 0.1) is 5.92 Å². The first-order chi connectivity index (χ1) is 14.5. The van der Waals surface area contributed by atoms with Gasteiger partial charge in [-0.2, -0.15) is 4.31 Å². The summed E-state index contributed by atoms with van der Waals surface area (Å²) < 4.78 is 56.3. The van der Waals surface area contributed by atoms with E-state index >= 15 is 0 Å². The lowest BCUT2D eigenvalue weighted by Gasteiger charge is -2.36. The Morgan fingerprint density at radius 3 is 2.45 bits per heavy atom. The third kappa shape index (κ3) is 5.64. The first-order valence-corrected chi connectivity index (χ1v) is 11.7. The Labute approximate surface area is 184 Å². The number of hydrogen-bond donors (Lipinski definition) is 2. The number of nitrogens with zero attached hydrogens (tertiary/aromatic N) is 2. The van der Waals surface area contributed by atoms with Gasteiger partial charge in [0.15, 0.2) is 0 Å². The number of rotatable bonds is 5. The van der Waals surface area contributed by atoms with Gasteiger partial charge in [-0.15, -0.1) is 0 Å². The third-order valence-electron chi connectivity index (χ3n) is 5.68. The topological polar surface area (TPSA) is 107 Å². The molecule has 31 heavy (non-hydrogen) atoms. The minimum Gasteiger partial charge on any atom is -0.465 e. The number of likely N-dealkylation sites (tertiary alicyclic amines) is 1. The molecule has 2 amide bonds. The number of sulfonamides is 1. The van der Waals surface area contributed by atoms with Gasteiger partial charge in [0.05, 0.1) is 4.90 Å². The molecule has 0 bridgehead atoms. The number of carbonyl (C=O) groups excluding carboxylic acids is 1. The van der Waals surface area contributed by atoms with E-state index in [1.165, 1.54) is 29.2 Å². The molecule has 2 fully saturated rings. The van der Waals surface area contributed by atoms with E-state index in [1.54, 1.807) is 0 Å². The van der Waals surface area contributed by atoms with Gasteiger partial charge < -0.3 is 15.3 Å². The molecule has 2 aliphatic heterocycles. The van der Waals surface area contributed by atoms with Crippen molar-refractivity contribution in [1.82, 2.24) is 14.5 Å². The predicted octanol–water partition coefficient (Wildman–Crippen LogP) is 2.63. The molecule has 1 aromatic rings. The van der Waals surface area contributed by atoms with Crippen LogP contribution in [-0.4, -0.2) is 72.9 Å². The van der Waals surface area contributed by atoms with E-state index in [0.29, 0.717) is 17.9 Å². The normalized spacial score (nSPS) is 22.8. The first kappa shape index (κ1) is 23.7. The molecular formula is C19H24ClF2N3O5S. The van der Waals surface area contributed by atoms with Crippen molar-refractivity contribution in [3.63, 3.8) is 0 Å². The molecule has 0 saturated carbocycles. The molecule has 12 heteroatoms. The van der Waals surface area contributed by atoms with Crippen LogP contribution in [0.3, 0.4) is 0 Å². The molecular weight excluding hydrogens is 456 g/mol. The standard InChI is InChI=1S/C19H24ClF2N3O5S/c20-14-1-3-15(4-2-14)31(29,30)25(12-13-5-9-24(10-6-13)18(27)28)16-11-19(21,22)7-8-23-17(16)26/h1-4,13,16H,5-12H2,(H,23,26)(H,27,28)/t16-/m1/s1. The number of piperidine rings is 1. The molecule has 2 N–H and O–H groups in total. The number of nitrogens with one attached hydrogen (secondary N) is 1. The van der Waals surface area contributed by atoms with Gasteiger partial charge >= 0.3 is 6.09 Å². The fraction of sp³-hybridized carbons (Fsp3) is 0.579. The number of amides is 2. The maximum Gasteiger partial charge on any atom is 0.407 e. The number of alkyl halides is 2. The van der Waals surface area contributed by atoms with E-state index in [-0.39, 0.29) is 37.0 Å². The zero-order valence-electron chi connectivity index (χ0n) is 16.6. The minimum absolute atomic E-state index is 0.153. The second-order valence-corrected chi connectivity index (χ2v) is 10.2. The van der Waals surface area contributed by atoms with E-state index < -0.39 is 46.8 Å². The molecule has 2 heterocycles. The summed E-state index contributed by atoms with van der Waals surface area (Å²) in [4.78, 5) is 24.8. The SMILES string of the molecule is O=C1NCCC(F)(F)C[C@H]1N(CC1CCN(C(=O)O)CC1)S(=O)(=O)c1ccc(Cl)cc1. The molecule has 3 rings (SSSR count). The summed E-state index contributed by atoms with van der Waals surface area (Å²) in [5.41, 5.74) is 0. The fourth-order valence-electron chi connectivity index (χ4n) is 3.89. The van der Waals surface area contributed by atoms with E-state index in [0.717, 1.165) is 4.31 Å². The summed E-state index contributed by atoms with van der Waals surface area (Å²) in [6.07, 6.45) is -1.82. The summed E-state index contributed by atoms with van der Waals surface area (Å²) >= 11 is 5.84. The van der Waals surface area contributed by atoms with Crippen LogP contribution < -0.4 is 5.32 Å². The molecule has 2 aliphatic rings. The highest BCUT2D eigenvalue weighted by atomic mass is 35.5. The van der Waals surface area contributed by atoms with Crippen LogP contribution in [0.25, 0.3) is 0 Å². The van der Waals surface area contributed by atoms with Crippen LogP contribution >= 0.6 is 11.6 Å². The van der Waals surface area contributed by atoms with Crippen molar-refractivity contribution >= 4 is 33.6 Å². The van der Waals surface area contributed by atoms with Crippen LogP contribution in [-0.2, 0) is 14.8 Å². The van der Waals surface area contributed by atoms with Crippen LogP contribution in [0.2, 0.25) is 5.02 Å². The minimum atomic E-state index is -4.30. The molecule has 0 unspecified atom stereocenters. The highest BCUT2D eigenvalue weighted by molar-refractivity contribution is 7.89. The number of carbonyl (C=O) groups is 2. The van der Waals surface area contributed by atoms with Gasteiger partial charge in [-0.05, 0) is 43.0 Å². The first-order valence-electron chi connectivity index (χ1n) is 9.90. The number of hydrogen-bond acceptors (Lipinski definition) is 4. The number of carboxylic acid groups (broad SMARTS) is 1. The van der Waals surface area contributed by atoms with Gasteiger partial charge in [0.2, 0.25) is 15.9 Å². The third-order valence-corrected chi connectivity index (χ3v) is 7.82. The lowest BCUT2D eigenvalue weighted by molar-refractivity contribution is -0.126. The summed E-state index contributed by atoms with van der Waals surface area (Å²) in [5.74, 6) is -4.25. The van der Waals surface area contributed by atoms with E-state index in [2.05, 4.69) is 5.32 Å². The Morgan fingerprint density at radius 1 is 1.26 bits per heavy atom. The maximum atomic E-state index is 14.3. The lowest BCUT2D eigenvalue weighted by atomic mass is 9.96. The largest absolute Gasteiger partial charge is 0.465 e. The van der Waals surface area contributed by atoms with Gasteiger partial charge in [0, 0.05) is 44.0 Å². The van der Waals surface area contributed by atoms with Crippen molar-refractivity contribution in [1.29, 1.82) is 0 Å². The molecule has 0 aromatic heterocycles. The van der Waals surface area contributed by atoms with Gasteiger partial charge in [-0.25, -0.2) is 22.0 Å². The summed E-state index contributed by atoms with van der Waals surface area (Å²) in [6.45, 7) is 0.0183. The number of benzene rings is 1. The molecule has 0 aliphatic carbocycles. The average Bonchev–Trinajstić information content (AvgIpc) is 2.84. The smallest absolute Gasteiger partial charge is 0.407 e. The Morgan fingerprint density at radius 2 is 1.87 bits per heavy atom. The highest BCUT2D eigenvalue weighted by Gasteiger charge is 2.45. The molecule has 1 atom stereocenters. The van der Waals surface area contributed by atoms with Gasteiger partial charge in [0.1, 0.15) is 6.04 Å².